The normalized spacial score (nSPS) is 15.6. The number of hydrogen-bond acceptors (Lipinski definition) is 2. The number of nitrogens with one attached hydrogen (secondary N) is 2. The number of carbonyl (C=O) groups is 1. The van der Waals surface area contributed by atoms with E-state index in [1.54, 1.807) is 12.1 Å². The Morgan fingerprint density at radius 3 is 2.58 bits per heavy atom. The Morgan fingerprint density at radius 1 is 1.21 bits per heavy atom. The number of benzene rings is 1. The van der Waals surface area contributed by atoms with Crippen LogP contribution in [0.1, 0.15) is 31.2 Å². The van der Waals surface area contributed by atoms with Gasteiger partial charge in [-0.3, -0.25) is 4.79 Å². The SMILES string of the molecule is O=C(CNC1CCCC1)NCCc1ccc(F)cc1. The van der Waals surface area contributed by atoms with E-state index in [9.17, 15) is 9.18 Å². The molecule has 2 N–H and O–H groups in total. The van der Waals surface area contributed by atoms with Gasteiger partial charge in [-0.05, 0) is 37.0 Å². The Kier molecular flexibility index (Phi) is 5.33. The zero-order chi connectivity index (χ0) is 13.5. The van der Waals surface area contributed by atoms with Gasteiger partial charge in [0, 0.05) is 12.6 Å². The smallest absolute Gasteiger partial charge is 0.233 e. The van der Waals surface area contributed by atoms with Gasteiger partial charge in [-0.2, -0.15) is 0 Å². The van der Waals surface area contributed by atoms with Gasteiger partial charge in [0.1, 0.15) is 5.82 Å². The van der Waals surface area contributed by atoms with E-state index in [0.717, 1.165) is 12.0 Å². The van der Waals surface area contributed by atoms with Crippen LogP contribution in [-0.2, 0) is 11.2 Å². The Bertz CT molecular complexity index is 399. The van der Waals surface area contributed by atoms with Crippen molar-refractivity contribution in [2.45, 2.75) is 38.1 Å². The van der Waals surface area contributed by atoms with Crippen molar-refractivity contribution in [2.75, 3.05) is 13.1 Å². The Morgan fingerprint density at radius 2 is 1.89 bits per heavy atom. The molecule has 0 aromatic heterocycles. The van der Waals surface area contributed by atoms with Crippen molar-refractivity contribution in [1.82, 2.24) is 10.6 Å². The highest BCUT2D eigenvalue weighted by Gasteiger charge is 2.14. The van der Waals surface area contributed by atoms with Crippen molar-refractivity contribution in [2.24, 2.45) is 0 Å². The van der Waals surface area contributed by atoms with Crippen LogP contribution in [0.25, 0.3) is 0 Å². The van der Waals surface area contributed by atoms with Crippen LogP contribution in [-0.4, -0.2) is 25.0 Å². The topological polar surface area (TPSA) is 41.1 Å². The summed E-state index contributed by atoms with van der Waals surface area (Å²) in [5.41, 5.74) is 1.03. The van der Waals surface area contributed by atoms with Crippen molar-refractivity contribution in [3.8, 4) is 0 Å². The fourth-order valence-corrected chi connectivity index (χ4v) is 2.43. The quantitative estimate of drug-likeness (QED) is 0.825. The van der Waals surface area contributed by atoms with E-state index in [1.807, 2.05) is 0 Å². The van der Waals surface area contributed by atoms with Crippen molar-refractivity contribution < 1.29 is 9.18 Å². The molecule has 0 bridgehead atoms. The molecule has 0 spiro atoms. The molecule has 0 aliphatic heterocycles. The van der Waals surface area contributed by atoms with Crippen molar-refractivity contribution in [3.63, 3.8) is 0 Å². The molecule has 0 heterocycles. The molecule has 1 aromatic rings. The fraction of sp³-hybridized carbons (Fsp3) is 0.533. The maximum atomic E-state index is 12.7. The second-order valence-electron chi connectivity index (χ2n) is 5.09. The molecule has 1 aliphatic rings. The molecule has 104 valence electrons. The first kappa shape index (κ1) is 14.0. The zero-order valence-electron chi connectivity index (χ0n) is 11.1. The number of hydrogen-bond donors (Lipinski definition) is 2. The summed E-state index contributed by atoms with van der Waals surface area (Å²) in [6, 6.07) is 6.90. The van der Waals surface area contributed by atoms with Gasteiger partial charge in [-0.25, -0.2) is 4.39 Å². The first-order valence-electron chi connectivity index (χ1n) is 6.98. The minimum absolute atomic E-state index is 0.0361. The van der Waals surface area contributed by atoms with Gasteiger partial charge in [0.2, 0.25) is 5.91 Å². The lowest BCUT2D eigenvalue weighted by Gasteiger charge is -2.11. The summed E-state index contributed by atoms with van der Waals surface area (Å²) < 4.78 is 12.7. The second-order valence-corrected chi connectivity index (χ2v) is 5.09. The van der Waals surface area contributed by atoms with Gasteiger partial charge in [-0.1, -0.05) is 25.0 Å². The summed E-state index contributed by atoms with van der Waals surface area (Å²) >= 11 is 0. The minimum atomic E-state index is -0.228. The molecule has 2 rings (SSSR count). The number of rotatable bonds is 6. The highest BCUT2D eigenvalue weighted by Crippen LogP contribution is 2.17. The maximum Gasteiger partial charge on any atom is 0.233 e. The van der Waals surface area contributed by atoms with Crippen LogP contribution in [0.3, 0.4) is 0 Å². The summed E-state index contributed by atoms with van der Waals surface area (Å²) in [5, 5.41) is 6.15. The largest absolute Gasteiger partial charge is 0.355 e. The van der Waals surface area contributed by atoms with Crippen LogP contribution >= 0.6 is 0 Å². The van der Waals surface area contributed by atoms with Crippen LogP contribution in [0.15, 0.2) is 24.3 Å². The average molecular weight is 264 g/mol. The first-order valence-corrected chi connectivity index (χ1v) is 6.98. The molecule has 0 atom stereocenters. The molecule has 1 aromatic carbocycles. The van der Waals surface area contributed by atoms with Crippen LogP contribution in [0.4, 0.5) is 4.39 Å². The molecule has 0 radical (unpaired) electrons. The monoisotopic (exact) mass is 264 g/mol. The molecule has 0 saturated heterocycles. The fourth-order valence-electron chi connectivity index (χ4n) is 2.43. The van der Waals surface area contributed by atoms with Crippen LogP contribution in [0, 0.1) is 5.82 Å². The Labute approximate surface area is 113 Å². The number of halogens is 1. The lowest BCUT2D eigenvalue weighted by molar-refractivity contribution is -0.120. The van der Waals surface area contributed by atoms with Crippen molar-refractivity contribution in [3.05, 3.63) is 35.6 Å². The predicted octanol–water partition coefficient (Wildman–Crippen LogP) is 2.02. The second kappa shape index (κ2) is 7.24. The van der Waals surface area contributed by atoms with E-state index in [0.29, 0.717) is 19.1 Å². The zero-order valence-corrected chi connectivity index (χ0v) is 11.1. The van der Waals surface area contributed by atoms with Gasteiger partial charge < -0.3 is 10.6 Å². The van der Waals surface area contributed by atoms with Crippen LogP contribution < -0.4 is 10.6 Å². The molecule has 1 aliphatic carbocycles. The maximum absolute atomic E-state index is 12.7. The molecular formula is C15H21FN2O. The number of amides is 1. The van der Waals surface area contributed by atoms with Crippen LogP contribution in [0.2, 0.25) is 0 Å². The summed E-state index contributed by atoms with van der Waals surface area (Å²) in [4.78, 5) is 11.6. The lowest BCUT2D eigenvalue weighted by Crippen LogP contribution is -2.38. The van der Waals surface area contributed by atoms with Crippen molar-refractivity contribution in [1.29, 1.82) is 0 Å². The van der Waals surface area contributed by atoms with Crippen LogP contribution in [0.5, 0.6) is 0 Å². The van der Waals surface area contributed by atoms with Gasteiger partial charge in [0.25, 0.3) is 0 Å². The summed E-state index contributed by atoms with van der Waals surface area (Å²) in [7, 11) is 0. The van der Waals surface area contributed by atoms with Crippen molar-refractivity contribution >= 4 is 5.91 Å². The Balaban J connectivity index is 1.59. The molecule has 19 heavy (non-hydrogen) atoms. The third kappa shape index (κ3) is 4.99. The van der Waals surface area contributed by atoms with E-state index in [4.69, 9.17) is 0 Å². The highest BCUT2D eigenvalue weighted by molar-refractivity contribution is 5.78. The third-order valence-corrected chi connectivity index (χ3v) is 3.56. The highest BCUT2D eigenvalue weighted by atomic mass is 19.1. The Hall–Kier alpha value is -1.42. The summed E-state index contributed by atoms with van der Waals surface area (Å²) in [6.07, 6.45) is 5.63. The third-order valence-electron chi connectivity index (χ3n) is 3.56. The summed E-state index contributed by atoms with van der Waals surface area (Å²) in [6.45, 7) is 0.991. The van der Waals surface area contributed by atoms with E-state index < -0.39 is 0 Å². The minimum Gasteiger partial charge on any atom is -0.355 e. The lowest BCUT2D eigenvalue weighted by atomic mass is 10.1. The summed E-state index contributed by atoms with van der Waals surface area (Å²) in [5.74, 6) is -0.192. The molecule has 1 saturated carbocycles. The average Bonchev–Trinajstić information content (AvgIpc) is 2.92. The van der Waals surface area contributed by atoms with Gasteiger partial charge in [-0.15, -0.1) is 0 Å². The van der Waals surface area contributed by atoms with E-state index in [1.165, 1.54) is 37.8 Å². The van der Waals surface area contributed by atoms with Gasteiger partial charge in [0.15, 0.2) is 0 Å². The molecule has 3 nitrogen and oxygen atoms in total. The standard InChI is InChI=1S/C15H21FN2O/c16-13-7-5-12(6-8-13)9-10-17-15(19)11-18-14-3-1-2-4-14/h5-8,14,18H,1-4,9-11H2,(H,17,19). The van der Waals surface area contributed by atoms with Gasteiger partial charge in [0.05, 0.1) is 6.54 Å². The first-order chi connectivity index (χ1) is 9.24. The van der Waals surface area contributed by atoms with Gasteiger partial charge >= 0.3 is 0 Å². The molecule has 0 unspecified atom stereocenters. The molecule has 1 fully saturated rings. The number of carbonyl (C=O) groups excluding carboxylic acids is 1. The van der Waals surface area contributed by atoms with E-state index in [2.05, 4.69) is 10.6 Å². The molecule has 1 amide bonds. The van der Waals surface area contributed by atoms with E-state index >= 15 is 0 Å². The van der Waals surface area contributed by atoms with E-state index in [-0.39, 0.29) is 11.7 Å². The molecule has 4 heteroatoms. The predicted molar refractivity (Wildman–Crippen MR) is 73.4 cm³/mol. The molecular weight excluding hydrogens is 243 g/mol.